The van der Waals surface area contributed by atoms with Gasteiger partial charge in [-0.2, -0.15) is 4.68 Å². The lowest BCUT2D eigenvalue weighted by Gasteiger charge is -2.11. The molecule has 5 heteroatoms. The van der Waals surface area contributed by atoms with Gasteiger partial charge in [0, 0.05) is 5.41 Å². The second-order valence-electron chi connectivity index (χ2n) is 4.06. The molecule has 0 radical (unpaired) electrons. The number of benzene rings is 1. The number of thioether (sulfide) groups is 1. The van der Waals surface area contributed by atoms with Gasteiger partial charge in [0.25, 0.3) is 0 Å². The van der Waals surface area contributed by atoms with Gasteiger partial charge in [-0.05, 0) is 54.1 Å². The number of tetrazole rings is 1. The molecule has 18 heavy (non-hydrogen) atoms. The maximum Gasteiger partial charge on any atom is 0.218 e. The van der Waals surface area contributed by atoms with Gasteiger partial charge in [0.1, 0.15) is 0 Å². The van der Waals surface area contributed by atoms with Crippen molar-refractivity contribution >= 4 is 11.8 Å². The predicted molar refractivity (Wildman–Crippen MR) is 72.9 cm³/mol. The molecule has 0 atom stereocenters. The summed E-state index contributed by atoms with van der Waals surface area (Å²) in [5.74, 6) is 0. The fraction of sp³-hybridized carbons (Fsp3) is 0.231. The summed E-state index contributed by atoms with van der Waals surface area (Å²) in [6.45, 7) is 9.74. The van der Waals surface area contributed by atoms with Gasteiger partial charge in [-0.1, -0.05) is 24.3 Å². The van der Waals surface area contributed by atoms with Crippen LogP contribution >= 0.6 is 11.8 Å². The molecule has 0 aliphatic rings. The standard InChI is InChI=1S/C13H14N4S/c1-5-6-18-13-14-15-16-17(13)12-10(3)7-9(2)8-11(12)4/h6-8H,1H2,2-4H3. The van der Waals surface area contributed by atoms with Crippen molar-refractivity contribution in [2.45, 2.75) is 25.9 Å². The summed E-state index contributed by atoms with van der Waals surface area (Å²) in [6, 6.07) is 4.25. The minimum absolute atomic E-state index is 0.709. The summed E-state index contributed by atoms with van der Waals surface area (Å²) < 4.78 is 1.75. The number of aromatic nitrogens is 4. The molecule has 2 rings (SSSR count). The first-order valence-corrected chi connectivity index (χ1v) is 6.39. The minimum Gasteiger partial charge on any atom is -0.187 e. The van der Waals surface area contributed by atoms with Gasteiger partial charge < -0.3 is 0 Å². The van der Waals surface area contributed by atoms with Gasteiger partial charge in [-0.25, -0.2) is 0 Å². The number of rotatable bonds is 3. The molecule has 92 valence electrons. The van der Waals surface area contributed by atoms with E-state index in [0.717, 1.165) is 16.8 Å². The molecule has 2 aromatic rings. The molecule has 4 nitrogen and oxygen atoms in total. The van der Waals surface area contributed by atoms with Crippen LogP contribution in [-0.2, 0) is 0 Å². The number of hydrogen-bond donors (Lipinski definition) is 0. The van der Waals surface area contributed by atoms with Crippen LogP contribution in [0.4, 0.5) is 0 Å². The van der Waals surface area contributed by atoms with Crippen molar-refractivity contribution in [3.63, 3.8) is 0 Å². The van der Waals surface area contributed by atoms with Crippen molar-refractivity contribution in [3.05, 3.63) is 46.5 Å². The third-order valence-corrected chi connectivity index (χ3v) is 3.29. The quantitative estimate of drug-likeness (QED) is 0.627. The lowest BCUT2D eigenvalue weighted by Crippen LogP contribution is -2.04. The fourth-order valence-corrected chi connectivity index (χ4v) is 2.49. The number of nitrogens with zero attached hydrogens (tertiary/aromatic N) is 4. The van der Waals surface area contributed by atoms with Crippen molar-refractivity contribution in [2.75, 3.05) is 0 Å². The number of aryl methyl sites for hydroxylation is 3. The van der Waals surface area contributed by atoms with Crippen molar-refractivity contribution in [1.29, 1.82) is 0 Å². The highest BCUT2D eigenvalue weighted by Crippen LogP contribution is 2.24. The molecule has 0 fully saturated rings. The Labute approximate surface area is 110 Å². The molecule has 0 bridgehead atoms. The molecule has 0 aliphatic carbocycles. The van der Waals surface area contributed by atoms with Crippen LogP contribution in [0.3, 0.4) is 0 Å². The maximum atomic E-state index is 4.06. The van der Waals surface area contributed by atoms with Crippen molar-refractivity contribution in [1.82, 2.24) is 20.2 Å². The number of hydrogen-bond acceptors (Lipinski definition) is 4. The van der Waals surface area contributed by atoms with Crippen LogP contribution in [0.15, 0.2) is 35.0 Å². The molecule has 1 aromatic heterocycles. The van der Waals surface area contributed by atoms with Gasteiger partial charge in [-0.15, -0.1) is 10.8 Å². The van der Waals surface area contributed by atoms with Gasteiger partial charge in [0.2, 0.25) is 5.16 Å². The Morgan fingerprint density at radius 2 is 1.94 bits per heavy atom. The smallest absolute Gasteiger partial charge is 0.187 e. The Morgan fingerprint density at radius 3 is 2.56 bits per heavy atom. The Hall–Kier alpha value is -1.84. The lowest BCUT2D eigenvalue weighted by molar-refractivity contribution is 0.748. The maximum absolute atomic E-state index is 4.06. The van der Waals surface area contributed by atoms with Gasteiger partial charge in [-0.3, -0.25) is 0 Å². The molecule has 1 heterocycles. The van der Waals surface area contributed by atoms with E-state index in [4.69, 9.17) is 0 Å². The van der Waals surface area contributed by atoms with Gasteiger partial charge in [0.05, 0.1) is 5.69 Å². The molecular formula is C13H14N4S. The molecule has 0 spiro atoms. The van der Waals surface area contributed by atoms with E-state index in [1.807, 2.05) is 0 Å². The Balaban J connectivity index is 2.55. The average molecular weight is 258 g/mol. The van der Waals surface area contributed by atoms with Crippen LogP contribution in [0.5, 0.6) is 0 Å². The summed E-state index contributed by atoms with van der Waals surface area (Å²) in [5, 5.41) is 14.2. The fourth-order valence-electron chi connectivity index (χ4n) is 1.99. The summed E-state index contributed by atoms with van der Waals surface area (Å²) >= 11 is 1.40. The van der Waals surface area contributed by atoms with Crippen molar-refractivity contribution < 1.29 is 0 Å². The predicted octanol–water partition coefficient (Wildman–Crippen LogP) is 2.98. The first kappa shape index (κ1) is 12.6. The topological polar surface area (TPSA) is 43.6 Å². The molecule has 0 aliphatic heterocycles. The highest BCUT2D eigenvalue weighted by Gasteiger charge is 2.12. The van der Waals surface area contributed by atoms with Crippen LogP contribution in [-0.4, -0.2) is 20.2 Å². The first-order chi connectivity index (χ1) is 8.63. The summed E-state index contributed by atoms with van der Waals surface area (Å²) in [7, 11) is 0. The highest BCUT2D eigenvalue weighted by atomic mass is 32.2. The Kier molecular flexibility index (Phi) is 3.65. The van der Waals surface area contributed by atoms with E-state index in [1.165, 1.54) is 17.3 Å². The molecular weight excluding hydrogens is 244 g/mol. The van der Waals surface area contributed by atoms with E-state index >= 15 is 0 Å². The van der Waals surface area contributed by atoms with Crippen LogP contribution in [0, 0.1) is 20.8 Å². The van der Waals surface area contributed by atoms with Crippen molar-refractivity contribution in [3.8, 4) is 5.69 Å². The van der Waals surface area contributed by atoms with Crippen molar-refractivity contribution in [2.24, 2.45) is 0 Å². The van der Waals surface area contributed by atoms with E-state index in [2.05, 4.69) is 60.7 Å². The van der Waals surface area contributed by atoms with E-state index in [9.17, 15) is 0 Å². The minimum atomic E-state index is 0.709. The molecule has 0 saturated carbocycles. The van der Waals surface area contributed by atoms with E-state index in [1.54, 1.807) is 10.1 Å². The third-order valence-electron chi connectivity index (χ3n) is 2.54. The summed E-state index contributed by atoms with van der Waals surface area (Å²) in [6.07, 6.45) is 0. The Bertz CT molecular complexity index is 601. The molecule has 0 unspecified atom stereocenters. The summed E-state index contributed by atoms with van der Waals surface area (Å²) in [4.78, 5) is 0. The zero-order valence-electron chi connectivity index (χ0n) is 10.6. The SMILES string of the molecule is C=C=CSc1nnnn1-c1c(C)cc(C)cc1C. The van der Waals surface area contributed by atoms with E-state index in [-0.39, 0.29) is 0 Å². The molecule has 0 amide bonds. The zero-order valence-corrected chi connectivity index (χ0v) is 11.5. The second-order valence-corrected chi connectivity index (χ2v) is 4.90. The van der Waals surface area contributed by atoms with Crippen LogP contribution < -0.4 is 0 Å². The molecule has 1 aromatic carbocycles. The normalized spacial score (nSPS) is 10.2. The van der Waals surface area contributed by atoms with E-state index in [0.29, 0.717) is 5.16 Å². The van der Waals surface area contributed by atoms with Crippen LogP contribution in [0.1, 0.15) is 16.7 Å². The van der Waals surface area contributed by atoms with Gasteiger partial charge in [0.15, 0.2) is 0 Å². The first-order valence-electron chi connectivity index (χ1n) is 5.51. The van der Waals surface area contributed by atoms with Crippen LogP contribution in [0.2, 0.25) is 0 Å². The largest absolute Gasteiger partial charge is 0.218 e. The third kappa shape index (κ3) is 2.37. The molecule has 0 saturated heterocycles. The van der Waals surface area contributed by atoms with Crippen LogP contribution in [0.25, 0.3) is 5.69 Å². The highest BCUT2D eigenvalue weighted by molar-refractivity contribution is 8.02. The molecule has 0 N–H and O–H groups in total. The van der Waals surface area contributed by atoms with E-state index < -0.39 is 0 Å². The summed E-state index contributed by atoms with van der Waals surface area (Å²) in [5.41, 5.74) is 7.29. The average Bonchev–Trinajstić information content (AvgIpc) is 2.73. The van der Waals surface area contributed by atoms with Gasteiger partial charge >= 0.3 is 0 Å². The zero-order chi connectivity index (χ0) is 13.1. The lowest BCUT2D eigenvalue weighted by atomic mass is 10.1. The Morgan fingerprint density at radius 1 is 1.28 bits per heavy atom. The second kappa shape index (κ2) is 5.21. The monoisotopic (exact) mass is 258 g/mol.